The number of rotatable bonds is 4. The van der Waals surface area contributed by atoms with Crippen LogP contribution in [-0.2, 0) is 21.2 Å². The summed E-state index contributed by atoms with van der Waals surface area (Å²) < 4.78 is 32.5. The molecule has 1 saturated heterocycles. The molecular formula is C17H23N3O3S. The van der Waals surface area contributed by atoms with Gasteiger partial charge in [-0.05, 0) is 12.0 Å². The van der Waals surface area contributed by atoms with Crippen molar-refractivity contribution >= 4 is 10.0 Å². The molecule has 24 heavy (non-hydrogen) atoms. The summed E-state index contributed by atoms with van der Waals surface area (Å²) >= 11 is 0. The van der Waals surface area contributed by atoms with Gasteiger partial charge in [0.25, 0.3) is 0 Å². The van der Waals surface area contributed by atoms with Gasteiger partial charge in [0.1, 0.15) is 0 Å². The highest BCUT2D eigenvalue weighted by Gasteiger charge is 2.35. The van der Waals surface area contributed by atoms with E-state index < -0.39 is 10.0 Å². The number of hydrogen-bond acceptors (Lipinski definition) is 5. The molecule has 0 amide bonds. The number of sulfonamides is 1. The fourth-order valence-electron chi connectivity index (χ4n) is 2.76. The summed E-state index contributed by atoms with van der Waals surface area (Å²) in [5.41, 5.74) is 0.594. The average Bonchev–Trinajstić information content (AvgIpc) is 3.17. The molecule has 1 aliphatic rings. The molecule has 130 valence electrons. The molecule has 0 aliphatic carbocycles. The zero-order valence-electron chi connectivity index (χ0n) is 14.3. The Labute approximate surface area is 142 Å². The lowest BCUT2D eigenvalue weighted by molar-refractivity contribution is 0.355. The van der Waals surface area contributed by atoms with E-state index in [1.54, 1.807) is 0 Å². The zero-order valence-corrected chi connectivity index (χ0v) is 15.1. The van der Waals surface area contributed by atoms with Crippen molar-refractivity contribution in [2.75, 3.05) is 13.1 Å². The van der Waals surface area contributed by atoms with Crippen LogP contribution in [0, 0.1) is 0 Å². The minimum Gasteiger partial charge on any atom is -0.424 e. The molecule has 3 rings (SSSR count). The van der Waals surface area contributed by atoms with Crippen LogP contribution in [0.3, 0.4) is 0 Å². The van der Waals surface area contributed by atoms with Gasteiger partial charge >= 0.3 is 0 Å². The van der Waals surface area contributed by atoms with Crippen LogP contribution in [0.1, 0.15) is 50.5 Å². The monoisotopic (exact) mass is 349 g/mol. The van der Waals surface area contributed by atoms with Gasteiger partial charge in [0.05, 0.1) is 11.7 Å². The second kappa shape index (κ2) is 6.29. The normalized spacial score (nSPS) is 19.7. The molecule has 1 aromatic carbocycles. The van der Waals surface area contributed by atoms with Crippen LogP contribution in [0.15, 0.2) is 34.7 Å². The Bertz CT molecular complexity index is 794. The van der Waals surface area contributed by atoms with Crippen molar-refractivity contribution in [2.24, 2.45) is 0 Å². The minimum absolute atomic E-state index is 0.0254. The maximum atomic E-state index is 12.6. The highest BCUT2D eigenvalue weighted by atomic mass is 32.2. The second-order valence-electron chi connectivity index (χ2n) is 7.28. The van der Waals surface area contributed by atoms with Crippen LogP contribution in [0.5, 0.6) is 0 Å². The van der Waals surface area contributed by atoms with Crippen LogP contribution in [-0.4, -0.2) is 36.0 Å². The lowest BCUT2D eigenvalue weighted by Gasteiger charge is -2.16. The van der Waals surface area contributed by atoms with E-state index in [4.69, 9.17) is 4.42 Å². The first kappa shape index (κ1) is 17.1. The van der Waals surface area contributed by atoms with E-state index in [9.17, 15) is 8.42 Å². The first-order chi connectivity index (χ1) is 11.3. The van der Waals surface area contributed by atoms with Crippen LogP contribution in [0.4, 0.5) is 0 Å². The van der Waals surface area contributed by atoms with Gasteiger partial charge in [0.2, 0.25) is 21.8 Å². The molecule has 0 unspecified atom stereocenters. The number of hydrogen-bond donors (Lipinski definition) is 0. The van der Waals surface area contributed by atoms with Gasteiger partial charge in [-0.15, -0.1) is 10.2 Å². The third-order valence-corrected chi connectivity index (χ3v) is 5.98. The topological polar surface area (TPSA) is 76.3 Å². The molecule has 0 bridgehead atoms. The fraction of sp³-hybridized carbons (Fsp3) is 0.529. The van der Waals surface area contributed by atoms with E-state index in [-0.39, 0.29) is 17.1 Å². The molecule has 1 fully saturated rings. The standard InChI is InChI=1S/C17H23N3O3S/c1-17(2,3)16-19-18-15(23-16)14-9-10-20(11-14)24(21,22)12-13-7-5-4-6-8-13/h4-8,14H,9-12H2,1-3H3/t14-/m0/s1. The van der Waals surface area contributed by atoms with Gasteiger partial charge in [-0.1, -0.05) is 51.1 Å². The molecule has 1 aliphatic heterocycles. The molecule has 1 aromatic heterocycles. The van der Waals surface area contributed by atoms with E-state index in [1.807, 2.05) is 51.1 Å². The minimum atomic E-state index is -3.33. The van der Waals surface area contributed by atoms with E-state index in [2.05, 4.69) is 10.2 Å². The van der Waals surface area contributed by atoms with Gasteiger partial charge in [-0.3, -0.25) is 0 Å². The Morgan fingerprint density at radius 2 is 1.92 bits per heavy atom. The molecule has 0 saturated carbocycles. The van der Waals surface area contributed by atoms with E-state index >= 15 is 0 Å². The predicted molar refractivity (Wildman–Crippen MR) is 91.0 cm³/mol. The Kier molecular flexibility index (Phi) is 4.48. The lowest BCUT2D eigenvalue weighted by Crippen LogP contribution is -2.29. The average molecular weight is 349 g/mol. The van der Waals surface area contributed by atoms with Crippen molar-refractivity contribution in [1.82, 2.24) is 14.5 Å². The first-order valence-corrected chi connectivity index (χ1v) is 9.72. The van der Waals surface area contributed by atoms with Crippen LogP contribution in [0.25, 0.3) is 0 Å². The highest BCUT2D eigenvalue weighted by molar-refractivity contribution is 7.88. The first-order valence-electron chi connectivity index (χ1n) is 8.11. The summed E-state index contributed by atoms with van der Waals surface area (Å²) in [5, 5.41) is 8.23. The molecular weight excluding hydrogens is 326 g/mol. The maximum absolute atomic E-state index is 12.6. The van der Waals surface area contributed by atoms with Gasteiger partial charge in [0.15, 0.2) is 0 Å². The van der Waals surface area contributed by atoms with Crippen molar-refractivity contribution < 1.29 is 12.8 Å². The summed E-state index contributed by atoms with van der Waals surface area (Å²) in [4.78, 5) is 0. The van der Waals surface area contributed by atoms with Crippen molar-refractivity contribution in [3.63, 3.8) is 0 Å². The van der Waals surface area contributed by atoms with Crippen LogP contribution < -0.4 is 0 Å². The van der Waals surface area contributed by atoms with E-state index in [0.717, 1.165) is 5.56 Å². The Balaban J connectivity index is 1.70. The third-order valence-electron chi connectivity index (χ3n) is 4.17. The summed E-state index contributed by atoms with van der Waals surface area (Å²) in [6, 6.07) is 9.25. The molecule has 2 aromatic rings. The summed E-state index contributed by atoms with van der Waals surface area (Å²) in [5.74, 6) is 1.12. The predicted octanol–water partition coefficient (Wildman–Crippen LogP) is 2.69. The smallest absolute Gasteiger partial charge is 0.221 e. The quantitative estimate of drug-likeness (QED) is 0.848. The largest absolute Gasteiger partial charge is 0.424 e. The van der Waals surface area contributed by atoms with Gasteiger partial charge in [0, 0.05) is 18.5 Å². The molecule has 1 atom stereocenters. The van der Waals surface area contributed by atoms with Crippen molar-refractivity contribution in [3.05, 3.63) is 47.7 Å². The van der Waals surface area contributed by atoms with Gasteiger partial charge in [-0.2, -0.15) is 0 Å². The summed E-state index contributed by atoms with van der Waals surface area (Å²) in [7, 11) is -3.33. The number of benzene rings is 1. The fourth-order valence-corrected chi connectivity index (χ4v) is 4.35. The number of nitrogens with zero attached hydrogens (tertiary/aromatic N) is 3. The summed E-state index contributed by atoms with van der Waals surface area (Å²) in [6.45, 7) is 6.93. The molecule has 0 spiro atoms. The van der Waals surface area contributed by atoms with Crippen molar-refractivity contribution in [1.29, 1.82) is 0 Å². The highest BCUT2D eigenvalue weighted by Crippen LogP contribution is 2.31. The Morgan fingerprint density at radius 1 is 1.21 bits per heavy atom. The third kappa shape index (κ3) is 3.67. The molecule has 0 N–H and O–H groups in total. The van der Waals surface area contributed by atoms with Crippen LogP contribution >= 0.6 is 0 Å². The van der Waals surface area contributed by atoms with Gasteiger partial charge in [-0.25, -0.2) is 12.7 Å². The van der Waals surface area contributed by atoms with Crippen LogP contribution in [0.2, 0.25) is 0 Å². The van der Waals surface area contributed by atoms with Gasteiger partial charge < -0.3 is 4.42 Å². The number of aromatic nitrogens is 2. The SMILES string of the molecule is CC(C)(C)c1nnc([C@H]2CCN(S(=O)(=O)Cc3ccccc3)C2)o1. The Morgan fingerprint density at radius 3 is 2.54 bits per heavy atom. The zero-order chi connectivity index (χ0) is 17.4. The second-order valence-corrected chi connectivity index (χ2v) is 9.25. The van der Waals surface area contributed by atoms with E-state index in [1.165, 1.54) is 4.31 Å². The summed E-state index contributed by atoms with van der Waals surface area (Å²) in [6.07, 6.45) is 0.708. The van der Waals surface area contributed by atoms with E-state index in [0.29, 0.717) is 31.3 Å². The maximum Gasteiger partial charge on any atom is 0.221 e. The molecule has 6 nitrogen and oxygen atoms in total. The molecule has 2 heterocycles. The molecule has 7 heteroatoms. The lowest BCUT2D eigenvalue weighted by atomic mass is 9.97. The Hall–Kier alpha value is -1.73. The molecule has 0 radical (unpaired) electrons. The van der Waals surface area contributed by atoms with Crippen molar-refractivity contribution in [2.45, 2.75) is 44.3 Å². The van der Waals surface area contributed by atoms with Crippen molar-refractivity contribution in [3.8, 4) is 0 Å².